The molecule has 17 aromatic rings. The van der Waals surface area contributed by atoms with Crippen LogP contribution in [0.15, 0.2) is 276 Å². The van der Waals surface area contributed by atoms with Crippen LogP contribution in [0.1, 0.15) is 11.1 Å². The number of nitrogens with zero attached hydrogens (tertiary/aromatic N) is 6. The van der Waals surface area contributed by atoms with E-state index >= 15 is 0 Å². The number of benzene rings is 13. The van der Waals surface area contributed by atoms with Crippen LogP contribution in [-0.4, -0.2) is 9.13 Å². The monoisotopic (exact) mass is 1140 g/mol. The SMILES string of the molecule is [C-]#[N+]c1cc([N+]#[C-])cc(-c2cccc(-c3cc(-c4ccc(-n5c6ccccc6c6c7oc8ccccc8c7ccc65)cc4)c(-c4cccc(-c5cc(C#N)cc(C#N)c5)c4)cc3-c3ccc(-n4c5ccccc5c5c6oc7ccccc7c6ccc54)cc3)c2)c1. The first-order chi connectivity index (χ1) is 44.4. The van der Waals surface area contributed by atoms with Crippen molar-refractivity contribution in [1.29, 1.82) is 10.5 Å². The zero-order valence-corrected chi connectivity index (χ0v) is 47.9. The average molecular weight is 1150 g/mol. The molecule has 0 amide bonds. The number of hydrogen-bond donors (Lipinski definition) is 0. The molecule has 0 N–H and O–H groups in total. The lowest BCUT2D eigenvalue weighted by atomic mass is 9.84. The van der Waals surface area contributed by atoms with Crippen molar-refractivity contribution in [2.45, 2.75) is 0 Å². The van der Waals surface area contributed by atoms with Gasteiger partial charge in [0, 0.05) is 43.7 Å². The molecule has 0 aliphatic heterocycles. The van der Waals surface area contributed by atoms with Gasteiger partial charge in [-0.25, -0.2) is 9.69 Å². The summed E-state index contributed by atoms with van der Waals surface area (Å²) in [6.07, 6.45) is 0. The molecule has 0 saturated heterocycles. The van der Waals surface area contributed by atoms with Gasteiger partial charge in [0.1, 0.15) is 22.3 Å². The van der Waals surface area contributed by atoms with Gasteiger partial charge >= 0.3 is 0 Å². The maximum atomic E-state index is 10.1. The van der Waals surface area contributed by atoms with Crippen molar-refractivity contribution in [2.75, 3.05) is 0 Å². The summed E-state index contributed by atoms with van der Waals surface area (Å²) in [4.78, 5) is 7.49. The van der Waals surface area contributed by atoms with Crippen LogP contribution >= 0.6 is 0 Å². The largest absolute Gasteiger partial charge is 0.455 e. The van der Waals surface area contributed by atoms with Crippen molar-refractivity contribution in [1.82, 2.24) is 9.13 Å². The highest BCUT2D eigenvalue weighted by atomic mass is 16.3. The normalized spacial score (nSPS) is 11.5. The second-order valence-corrected chi connectivity index (χ2v) is 22.8. The van der Waals surface area contributed by atoms with Gasteiger partial charge in [0.2, 0.25) is 0 Å². The summed E-state index contributed by atoms with van der Waals surface area (Å²) >= 11 is 0. The van der Waals surface area contributed by atoms with E-state index in [0.717, 1.165) is 166 Å². The predicted octanol–water partition coefficient (Wildman–Crippen LogP) is 22.5. The molecule has 0 unspecified atom stereocenters. The van der Waals surface area contributed by atoms with Gasteiger partial charge in [0.25, 0.3) is 0 Å². The molecule has 8 heteroatoms. The fourth-order valence-corrected chi connectivity index (χ4v) is 13.7. The third-order valence-corrected chi connectivity index (χ3v) is 17.8. The number of hydrogen-bond acceptors (Lipinski definition) is 4. The molecule has 4 heterocycles. The Kier molecular flexibility index (Phi) is 11.6. The van der Waals surface area contributed by atoms with Crippen LogP contribution in [0.2, 0.25) is 0 Å². The summed E-state index contributed by atoms with van der Waals surface area (Å²) in [6, 6.07) is 96.2. The minimum atomic E-state index is 0.402. The van der Waals surface area contributed by atoms with Crippen LogP contribution in [0.3, 0.4) is 0 Å². The van der Waals surface area contributed by atoms with Crippen LogP contribution in [0.5, 0.6) is 0 Å². The fraction of sp³-hybridized carbons (Fsp3) is 0. The van der Waals surface area contributed by atoms with Crippen molar-refractivity contribution >= 4 is 98.9 Å². The van der Waals surface area contributed by atoms with E-state index in [9.17, 15) is 10.5 Å². The highest BCUT2D eigenvalue weighted by molar-refractivity contribution is 6.25. The van der Waals surface area contributed by atoms with Crippen molar-refractivity contribution < 1.29 is 8.83 Å². The Morgan fingerprint density at radius 2 is 0.700 bits per heavy atom. The Labute approximate surface area is 515 Å². The number of furan rings is 2. The molecule has 0 aliphatic carbocycles. The van der Waals surface area contributed by atoms with Crippen molar-refractivity contribution in [3.05, 3.63) is 301 Å². The zero-order chi connectivity index (χ0) is 60.1. The van der Waals surface area contributed by atoms with Crippen LogP contribution in [0, 0.1) is 35.8 Å². The number of rotatable bonds is 8. The lowest BCUT2D eigenvalue weighted by Gasteiger charge is -2.20. The van der Waals surface area contributed by atoms with E-state index in [-0.39, 0.29) is 0 Å². The van der Waals surface area contributed by atoms with Gasteiger partial charge < -0.3 is 18.0 Å². The maximum absolute atomic E-state index is 10.1. The van der Waals surface area contributed by atoms with Gasteiger partial charge in [-0.15, -0.1) is 0 Å². The average Bonchev–Trinajstić information content (AvgIpc) is 1.60. The summed E-state index contributed by atoms with van der Waals surface area (Å²) in [5.41, 5.74) is 22.3. The van der Waals surface area contributed by atoms with E-state index in [4.69, 9.17) is 22.0 Å². The number of nitriles is 2. The lowest BCUT2D eigenvalue weighted by Crippen LogP contribution is -1.96. The molecule has 0 fully saturated rings. The Morgan fingerprint density at radius 3 is 1.14 bits per heavy atom. The minimum absolute atomic E-state index is 0.402. The fourth-order valence-electron chi connectivity index (χ4n) is 13.7. The second-order valence-electron chi connectivity index (χ2n) is 22.8. The third-order valence-electron chi connectivity index (χ3n) is 17.8. The van der Waals surface area contributed by atoms with E-state index < -0.39 is 0 Å². The lowest BCUT2D eigenvalue weighted by molar-refractivity contribution is 0.672. The molecule has 0 aliphatic rings. The summed E-state index contributed by atoms with van der Waals surface area (Å²) in [7, 11) is 0. The van der Waals surface area contributed by atoms with E-state index in [0.29, 0.717) is 22.5 Å². The van der Waals surface area contributed by atoms with Gasteiger partial charge in [-0.2, -0.15) is 10.5 Å². The highest BCUT2D eigenvalue weighted by Crippen LogP contribution is 2.47. The summed E-state index contributed by atoms with van der Waals surface area (Å²) < 4.78 is 18.0. The van der Waals surface area contributed by atoms with Gasteiger partial charge in [0.05, 0.1) is 69.2 Å². The molecule has 8 nitrogen and oxygen atoms in total. The molecule has 0 spiro atoms. The van der Waals surface area contributed by atoms with Crippen molar-refractivity contribution in [2.24, 2.45) is 0 Å². The molecule has 0 saturated carbocycles. The Bertz CT molecular complexity index is 5640. The topological polar surface area (TPSA) is 92.4 Å². The van der Waals surface area contributed by atoms with Gasteiger partial charge in [-0.05, 0) is 182 Å². The first-order valence-electron chi connectivity index (χ1n) is 29.5. The molecule has 0 bridgehead atoms. The molecule has 13 aromatic carbocycles. The van der Waals surface area contributed by atoms with Crippen LogP contribution in [0.4, 0.5) is 11.4 Å². The third kappa shape index (κ3) is 8.12. The quantitative estimate of drug-likeness (QED) is 0.142. The molecular weight excluding hydrogens is 1100 g/mol. The highest BCUT2D eigenvalue weighted by Gasteiger charge is 2.23. The Morgan fingerprint density at radius 1 is 0.300 bits per heavy atom. The standard InChI is InChI=1S/C82H44N6O2/c1-85-59-42-58(43-60(44-59)86-2)54-14-12-16-56(41-54)72-46-69(51-25-29-61(30-26-51)87-73-21-7-3-19-67(73)79-75(87)35-33-65-63-17-5-9-23-77(63)89-81(65)79)71(55-15-11-13-53(40-55)57-38-49(47-83)37-50(39-57)48-84)45-70(72)52-27-31-62(32-28-52)88-74-22-8-4-20-68(74)80-76(88)36-34-66-64-18-6-10-24-78(64)90-82(66)80/h3-46H. The molecule has 90 heavy (non-hydrogen) atoms. The van der Waals surface area contributed by atoms with E-state index in [2.05, 4.69) is 213 Å². The van der Waals surface area contributed by atoms with E-state index in [1.807, 2.05) is 72.8 Å². The van der Waals surface area contributed by atoms with Gasteiger partial charge in [-0.3, -0.25) is 0 Å². The van der Waals surface area contributed by atoms with E-state index in [1.54, 1.807) is 12.1 Å². The number of fused-ring (bicyclic) bond motifs is 14. The number of aromatic nitrogens is 2. The van der Waals surface area contributed by atoms with Crippen molar-refractivity contribution in [3.63, 3.8) is 0 Å². The number of para-hydroxylation sites is 4. The molecular formula is C82H44N6O2. The minimum Gasteiger partial charge on any atom is -0.455 e. The second kappa shape index (κ2) is 20.3. The Balaban J connectivity index is 0.884. The smallest absolute Gasteiger partial charge is 0.177 e. The van der Waals surface area contributed by atoms with Crippen molar-refractivity contribution in [3.8, 4) is 90.3 Å². The summed E-state index contributed by atoms with van der Waals surface area (Å²) in [5, 5.41) is 28.9. The van der Waals surface area contributed by atoms with Crippen LogP contribution in [0.25, 0.3) is 175 Å². The van der Waals surface area contributed by atoms with Gasteiger partial charge in [0.15, 0.2) is 11.4 Å². The molecule has 0 atom stereocenters. The summed E-state index contributed by atoms with van der Waals surface area (Å²) in [6.45, 7) is 15.8. The maximum Gasteiger partial charge on any atom is 0.177 e. The van der Waals surface area contributed by atoms with Crippen LogP contribution in [-0.2, 0) is 0 Å². The molecule has 414 valence electrons. The summed E-state index contributed by atoms with van der Waals surface area (Å²) in [5.74, 6) is 0. The predicted molar refractivity (Wildman–Crippen MR) is 364 cm³/mol. The van der Waals surface area contributed by atoms with E-state index in [1.165, 1.54) is 0 Å². The van der Waals surface area contributed by atoms with Crippen LogP contribution < -0.4 is 0 Å². The molecule has 4 aromatic heterocycles. The zero-order valence-electron chi connectivity index (χ0n) is 47.9. The molecule has 0 radical (unpaired) electrons. The Hall–Kier alpha value is -13.0. The molecule has 17 rings (SSSR count). The first kappa shape index (κ1) is 51.4. The first-order valence-corrected chi connectivity index (χ1v) is 29.5. The van der Waals surface area contributed by atoms with Gasteiger partial charge in [-0.1, -0.05) is 152 Å².